The van der Waals surface area contributed by atoms with Gasteiger partial charge in [0.25, 0.3) is 0 Å². The molecule has 21 heavy (non-hydrogen) atoms. The molecule has 3 aromatic rings. The Hall–Kier alpha value is -2.63. The predicted octanol–water partition coefficient (Wildman–Crippen LogP) is 1.87. The Morgan fingerprint density at radius 2 is 2.00 bits per heavy atom. The molecule has 0 bridgehead atoms. The third kappa shape index (κ3) is 1.91. The van der Waals surface area contributed by atoms with Crippen LogP contribution in [0.5, 0.6) is 0 Å². The molecule has 0 unspecified atom stereocenters. The van der Waals surface area contributed by atoms with Gasteiger partial charge in [0, 0.05) is 0 Å². The number of fused-ring (bicyclic) bond motifs is 1. The van der Waals surface area contributed by atoms with Crippen LogP contribution in [0.4, 0.5) is 10.2 Å². The highest BCUT2D eigenvalue weighted by molar-refractivity contribution is 5.77. The van der Waals surface area contributed by atoms with Gasteiger partial charge in [-0.15, -0.1) is 0 Å². The Kier molecular flexibility index (Phi) is 2.57. The lowest BCUT2D eigenvalue weighted by Crippen LogP contribution is -2.48. The Labute approximate surface area is 119 Å². The fourth-order valence-corrected chi connectivity index (χ4v) is 2.62. The largest absolute Gasteiger partial charge is 0.351 e. The van der Waals surface area contributed by atoms with Gasteiger partial charge in [0.1, 0.15) is 12.0 Å². The minimum absolute atomic E-state index is 0.196. The summed E-state index contributed by atoms with van der Waals surface area (Å²) in [6.45, 7) is 0.777. The van der Waals surface area contributed by atoms with E-state index in [1.807, 2.05) is 41.3 Å². The number of rotatable bonds is 2. The highest BCUT2D eigenvalue weighted by Gasteiger charge is 2.27. The molecule has 3 heterocycles. The maximum atomic E-state index is 12.9. The first-order valence-corrected chi connectivity index (χ1v) is 6.77. The van der Waals surface area contributed by atoms with Crippen LogP contribution in [0, 0.1) is 0 Å². The van der Waals surface area contributed by atoms with Crippen molar-refractivity contribution in [2.24, 2.45) is 0 Å². The molecule has 0 aliphatic carbocycles. The monoisotopic (exact) mass is 284 g/mol. The normalized spacial score (nSPS) is 15.4. The minimum Gasteiger partial charge on any atom is -0.351 e. The molecule has 0 amide bonds. The Morgan fingerprint density at radius 3 is 2.71 bits per heavy atom. The topological polar surface area (TPSA) is 53.9 Å². The smallest absolute Gasteiger partial charge is 0.331 e. The van der Waals surface area contributed by atoms with E-state index in [-0.39, 0.29) is 5.69 Å². The molecule has 1 aromatic carbocycles. The summed E-state index contributed by atoms with van der Waals surface area (Å²) >= 11 is 0. The van der Waals surface area contributed by atoms with Crippen molar-refractivity contribution < 1.29 is 4.39 Å². The van der Waals surface area contributed by atoms with Gasteiger partial charge >= 0.3 is 5.69 Å². The van der Waals surface area contributed by atoms with E-state index < -0.39 is 6.17 Å². The predicted molar refractivity (Wildman–Crippen MR) is 78.8 cm³/mol. The van der Waals surface area contributed by atoms with Gasteiger partial charge in [-0.3, -0.25) is 4.57 Å². The van der Waals surface area contributed by atoms with Crippen molar-refractivity contribution >= 4 is 16.9 Å². The second kappa shape index (κ2) is 4.44. The summed E-state index contributed by atoms with van der Waals surface area (Å²) in [6, 6.07) is 11.1. The molecule has 1 fully saturated rings. The highest BCUT2D eigenvalue weighted by atomic mass is 19.1. The zero-order chi connectivity index (χ0) is 14.4. The Bertz CT molecular complexity index is 846. The number of nitrogens with one attached hydrogen (secondary N) is 1. The number of benzene rings is 1. The lowest BCUT2D eigenvalue weighted by Gasteiger charge is -2.35. The molecule has 4 rings (SSSR count). The van der Waals surface area contributed by atoms with E-state index in [2.05, 4.69) is 9.97 Å². The molecule has 1 saturated heterocycles. The van der Waals surface area contributed by atoms with Crippen LogP contribution >= 0.6 is 0 Å². The van der Waals surface area contributed by atoms with Crippen LogP contribution in [0.2, 0.25) is 0 Å². The highest BCUT2D eigenvalue weighted by Crippen LogP contribution is 2.21. The van der Waals surface area contributed by atoms with Gasteiger partial charge < -0.3 is 9.88 Å². The van der Waals surface area contributed by atoms with E-state index in [0.717, 1.165) is 16.9 Å². The van der Waals surface area contributed by atoms with Gasteiger partial charge in [-0.05, 0) is 24.3 Å². The molecular weight excluding hydrogens is 271 g/mol. The molecule has 0 spiro atoms. The first-order chi connectivity index (χ1) is 10.2. The summed E-state index contributed by atoms with van der Waals surface area (Å²) in [5, 5.41) is 0. The van der Waals surface area contributed by atoms with Gasteiger partial charge in [-0.1, -0.05) is 12.1 Å². The number of aromatic nitrogens is 3. The molecule has 2 aromatic heterocycles. The summed E-state index contributed by atoms with van der Waals surface area (Å²) in [4.78, 5) is 21.1. The quantitative estimate of drug-likeness (QED) is 0.781. The summed E-state index contributed by atoms with van der Waals surface area (Å²) in [5.41, 5.74) is 2.09. The molecule has 5 nitrogen and oxygen atoms in total. The van der Waals surface area contributed by atoms with Crippen LogP contribution < -0.4 is 10.6 Å². The third-order valence-electron chi connectivity index (χ3n) is 3.74. The second-order valence-electron chi connectivity index (χ2n) is 5.16. The van der Waals surface area contributed by atoms with Crippen molar-refractivity contribution in [2.75, 3.05) is 18.0 Å². The van der Waals surface area contributed by atoms with E-state index >= 15 is 0 Å². The second-order valence-corrected chi connectivity index (χ2v) is 5.16. The minimum atomic E-state index is -0.761. The lowest BCUT2D eigenvalue weighted by atomic mass is 10.2. The first kappa shape index (κ1) is 12.1. The van der Waals surface area contributed by atoms with Crippen LogP contribution in [0.1, 0.15) is 0 Å². The van der Waals surface area contributed by atoms with Crippen molar-refractivity contribution in [3.8, 4) is 5.69 Å². The van der Waals surface area contributed by atoms with Gasteiger partial charge in [0.2, 0.25) is 0 Å². The molecule has 106 valence electrons. The van der Waals surface area contributed by atoms with Crippen molar-refractivity contribution in [1.82, 2.24) is 14.5 Å². The average molecular weight is 284 g/mol. The number of pyridine rings is 1. The van der Waals surface area contributed by atoms with Crippen LogP contribution in [-0.2, 0) is 0 Å². The van der Waals surface area contributed by atoms with Gasteiger partial charge in [0.15, 0.2) is 0 Å². The van der Waals surface area contributed by atoms with Crippen molar-refractivity contribution in [3.63, 3.8) is 0 Å². The van der Waals surface area contributed by atoms with Crippen molar-refractivity contribution in [1.29, 1.82) is 0 Å². The number of imidazole rings is 1. The van der Waals surface area contributed by atoms with Gasteiger partial charge in [-0.25, -0.2) is 14.2 Å². The number of aromatic amines is 1. The number of H-pyrrole nitrogens is 1. The molecule has 0 saturated carbocycles. The molecule has 6 heteroatoms. The number of anilines is 1. The van der Waals surface area contributed by atoms with E-state index in [9.17, 15) is 9.18 Å². The first-order valence-electron chi connectivity index (χ1n) is 6.77. The van der Waals surface area contributed by atoms with Gasteiger partial charge in [-0.2, -0.15) is 0 Å². The van der Waals surface area contributed by atoms with Crippen LogP contribution in [0.15, 0.2) is 47.4 Å². The fourth-order valence-electron chi connectivity index (χ4n) is 2.62. The number of nitrogens with zero attached hydrogens (tertiary/aromatic N) is 3. The average Bonchev–Trinajstić information content (AvgIpc) is 2.80. The molecule has 0 atom stereocenters. The van der Waals surface area contributed by atoms with E-state index in [1.165, 1.54) is 0 Å². The zero-order valence-corrected chi connectivity index (χ0v) is 11.2. The standard InChI is InChI=1S/C15H13FN4O/c16-10-8-19(9-10)14-6-5-11(7-17-14)20-13-4-2-1-3-12(13)18-15(20)21/h1-7,10H,8-9H2,(H,18,21). The van der Waals surface area contributed by atoms with Crippen LogP contribution in [0.25, 0.3) is 16.7 Å². The number of para-hydroxylation sites is 2. The number of hydrogen-bond acceptors (Lipinski definition) is 3. The molecular formula is C15H13FN4O. The molecule has 1 N–H and O–H groups in total. The zero-order valence-electron chi connectivity index (χ0n) is 11.2. The lowest BCUT2D eigenvalue weighted by molar-refractivity contribution is 0.273. The number of alkyl halides is 1. The molecule has 0 radical (unpaired) electrons. The van der Waals surface area contributed by atoms with Crippen molar-refractivity contribution in [2.45, 2.75) is 6.17 Å². The third-order valence-corrected chi connectivity index (χ3v) is 3.74. The van der Waals surface area contributed by atoms with E-state index in [0.29, 0.717) is 18.8 Å². The SMILES string of the molecule is O=c1[nH]c2ccccc2n1-c1ccc(N2CC(F)C2)nc1. The Balaban J connectivity index is 1.75. The number of hydrogen-bond donors (Lipinski definition) is 1. The van der Waals surface area contributed by atoms with Gasteiger partial charge in [0.05, 0.1) is 36.0 Å². The number of halogens is 1. The summed E-state index contributed by atoms with van der Waals surface area (Å²) in [5.74, 6) is 0.737. The summed E-state index contributed by atoms with van der Waals surface area (Å²) in [7, 11) is 0. The summed E-state index contributed by atoms with van der Waals surface area (Å²) in [6.07, 6.45) is 0.880. The maximum absolute atomic E-state index is 12.9. The van der Waals surface area contributed by atoms with E-state index in [4.69, 9.17) is 0 Å². The van der Waals surface area contributed by atoms with Crippen LogP contribution in [-0.4, -0.2) is 33.8 Å². The summed E-state index contributed by atoms with van der Waals surface area (Å²) < 4.78 is 14.4. The van der Waals surface area contributed by atoms with E-state index in [1.54, 1.807) is 10.8 Å². The van der Waals surface area contributed by atoms with Crippen LogP contribution in [0.3, 0.4) is 0 Å². The Morgan fingerprint density at radius 1 is 1.19 bits per heavy atom. The molecule has 1 aliphatic rings. The van der Waals surface area contributed by atoms with Crippen molar-refractivity contribution in [3.05, 3.63) is 53.1 Å². The maximum Gasteiger partial charge on any atom is 0.331 e. The molecule has 1 aliphatic heterocycles. The fraction of sp³-hybridized carbons (Fsp3) is 0.200.